The number of piperazine rings is 1. The van der Waals surface area contributed by atoms with Crippen LogP contribution in [0.25, 0.3) is 0 Å². The molecule has 0 radical (unpaired) electrons. The number of aryl methyl sites for hydroxylation is 1. The van der Waals surface area contributed by atoms with Crippen molar-refractivity contribution < 1.29 is 9.53 Å². The third-order valence-electron chi connectivity index (χ3n) is 5.81. The number of anilines is 2. The number of hydrogen-bond acceptors (Lipinski definition) is 3. The number of carbonyl (C=O) groups is 1. The van der Waals surface area contributed by atoms with Crippen LogP contribution >= 0.6 is 0 Å². The lowest BCUT2D eigenvalue weighted by Crippen LogP contribution is -2.56. The first-order valence-electron chi connectivity index (χ1n) is 9.83. The van der Waals surface area contributed by atoms with Crippen molar-refractivity contribution in [3.05, 3.63) is 53.1 Å². The maximum absolute atomic E-state index is 13.2. The topological polar surface area (TPSA) is 36.0 Å². The van der Waals surface area contributed by atoms with Crippen LogP contribution in [0, 0.1) is 20.8 Å². The van der Waals surface area contributed by atoms with Gasteiger partial charge in [0.05, 0.1) is 7.11 Å². The van der Waals surface area contributed by atoms with Crippen molar-refractivity contribution in [3.8, 4) is 5.75 Å². The molecule has 0 aliphatic carbocycles. The van der Waals surface area contributed by atoms with Crippen LogP contribution in [0.2, 0.25) is 0 Å². The highest BCUT2D eigenvalue weighted by molar-refractivity contribution is 5.93. The molecule has 1 atom stereocenters. The van der Waals surface area contributed by atoms with Crippen molar-refractivity contribution in [2.75, 3.05) is 43.6 Å². The fourth-order valence-corrected chi connectivity index (χ4v) is 4.00. The molecule has 0 aromatic heterocycles. The van der Waals surface area contributed by atoms with Crippen molar-refractivity contribution in [2.45, 2.75) is 33.7 Å². The van der Waals surface area contributed by atoms with E-state index in [4.69, 9.17) is 4.74 Å². The number of carbonyl (C=O) groups excluding carboxylic acids is 1. The van der Waals surface area contributed by atoms with E-state index < -0.39 is 0 Å². The number of amides is 2. The van der Waals surface area contributed by atoms with Gasteiger partial charge in [-0.2, -0.15) is 0 Å². The number of benzene rings is 2. The molecule has 5 heteroatoms. The smallest absolute Gasteiger partial charge is 0.324 e. The van der Waals surface area contributed by atoms with Gasteiger partial charge in [-0.1, -0.05) is 12.1 Å². The Morgan fingerprint density at radius 2 is 1.86 bits per heavy atom. The summed E-state index contributed by atoms with van der Waals surface area (Å²) in [7, 11) is 3.53. The summed E-state index contributed by atoms with van der Waals surface area (Å²) < 4.78 is 5.39. The van der Waals surface area contributed by atoms with Gasteiger partial charge in [0.2, 0.25) is 0 Å². The average molecular weight is 382 g/mol. The zero-order valence-corrected chi connectivity index (χ0v) is 17.8. The van der Waals surface area contributed by atoms with Crippen LogP contribution in [0.5, 0.6) is 5.75 Å². The Kier molecular flexibility index (Phi) is 5.82. The number of rotatable bonds is 3. The van der Waals surface area contributed by atoms with Gasteiger partial charge in [-0.25, -0.2) is 4.79 Å². The Labute approximate surface area is 168 Å². The van der Waals surface area contributed by atoms with Crippen LogP contribution < -0.4 is 14.5 Å². The minimum atomic E-state index is 0.0448. The fourth-order valence-electron chi connectivity index (χ4n) is 4.00. The Bertz CT molecular complexity index is 865. The van der Waals surface area contributed by atoms with E-state index in [1.807, 2.05) is 37.9 Å². The number of urea groups is 1. The van der Waals surface area contributed by atoms with Crippen molar-refractivity contribution in [1.29, 1.82) is 0 Å². The molecule has 28 heavy (non-hydrogen) atoms. The zero-order chi connectivity index (χ0) is 20.4. The molecule has 0 N–H and O–H groups in total. The normalized spacial score (nSPS) is 16.9. The Balaban J connectivity index is 1.73. The van der Waals surface area contributed by atoms with Gasteiger partial charge in [-0.15, -0.1) is 0 Å². The molecule has 1 saturated heterocycles. The number of hydrogen-bond donors (Lipinski definition) is 0. The van der Waals surface area contributed by atoms with Crippen molar-refractivity contribution in [3.63, 3.8) is 0 Å². The summed E-state index contributed by atoms with van der Waals surface area (Å²) in [6.45, 7) is 10.6. The SMILES string of the molecule is COc1ccc(N(C)C(=O)N2CCN(c3cccc(C)c3)C(C)C2)c(C)c1C. The molecule has 1 fully saturated rings. The lowest BCUT2D eigenvalue weighted by atomic mass is 10.1. The van der Waals surface area contributed by atoms with Crippen LogP contribution in [0.15, 0.2) is 36.4 Å². The largest absolute Gasteiger partial charge is 0.496 e. The van der Waals surface area contributed by atoms with E-state index in [1.54, 1.807) is 12.0 Å². The van der Waals surface area contributed by atoms with E-state index in [0.717, 1.165) is 35.7 Å². The summed E-state index contributed by atoms with van der Waals surface area (Å²) in [5.74, 6) is 0.850. The Hall–Kier alpha value is -2.69. The van der Waals surface area contributed by atoms with Crippen LogP contribution in [0.1, 0.15) is 23.6 Å². The zero-order valence-electron chi connectivity index (χ0n) is 17.8. The molecular weight excluding hydrogens is 350 g/mol. The first-order chi connectivity index (χ1) is 13.3. The monoisotopic (exact) mass is 381 g/mol. The van der Waals surface area contributed by atoms with Gasteiger partial charge in [0, 0.05) is 44.1 Å². The van der Waals surface area contributed by atoms with Crippen LogP contribution in [-0.4, -0.2) is 50.8 Å². The third kappa shape index (κ3) is 3.79. The van der Waals surface area contributed by atoms with E-state index in [1.165, 1.54) is 11.3 Å². The summed E-state index contributed by atoms with van der Waals surface area (Å²) in [4.78, 5) is 19.3. The highest BCUT2D eigenvalue weighted by Gasteiger charge is 2.29. The van der Waals surface area contributed by atoms with E-state index in [9.17, 15) is 4.79 Å². The molecule has 2 aromatic rings. The maximum Gasteiger partial charge on any atom is 0.324 e. The molecule has 1 aliphatic heterocycles. The van der Waals surface area contributed by atoms with Crippen LogP contribution in [0.3, 0.4) is 0 Å². The molecule has 150 valence electrons. The second-order valence-corrected chi connectivity index (χ2v) is 7.71. The third-order valence-corrected chi connectivity index (χ3v) is 5.81. The van der Waals surface area contributed by atoms with Gasteiger partial charge in [-0.05, 0) is 68.7 Å². The average Bonchev–Trinajstić information content (AvgIpc) is 2.69. The highest BCUT2D eigenvalue weighted by Crippen LogP contribution is 2.30. The number of methoxy groups -OCH3 is 1. The van der Waals surface area contributed by atoms with Crippen LogP contribution in [-0.2, 0) is 0 Å². The lowest BCUT2D eigenvalue weighted by molar-refractivity contribution is 0.194. The predicted molar refractivity (Wildman–Crippen MR) is 116 cm³/mol. The summed E-state index contributed by atoms with van der Waals surface area (Å²) >= 11 is 0. The van der Waals surface area contributed by atoms with Crippen molar-refractivity contribution in [1.82, 2.24) is 4.90 Å². The summed E-state index contributed by atoms with van der Waals surface area (Å²) in [6.07, 6.45) is 0. The van der Waals surface area contributed by atoms with Gasteiger partial charge in [0.25, 0.3) is 0 Å². The molecule has 1 heterocycles. The molecular formula is C23H31N3O2. The Morgan fingerprint density at radius 1 is 1.11 bits per heavy atom. The number of nitrogens with zero attached hydrogens (tertiary/aromatic N) is 3. The molecule has 3 rings (SSSR count). The van der Waals surface area contributed by atoms with Crippen LogP contribution in [0.4, 0.5) is 16.2 Å². The highest BCUT2D eigenvalue weighted by atomic mass is 16.5. The van der Waals surface area contributed by atoms with Crippen molar-refractivity contribution >= 4 is 17.4 Å². The first kappa shape index (κ1) is 20.1. The van der Waals surface area contributed by atoms with Gasteiger partial charge in [0.1, 0.15) is 5.75 Å². The standard InChI is InChI=1S/C23H31N3O2/c1-16-8-7-9-20(14-16)26-13-12-25(15-17(26)2)23(27)24(5)21-10-11-22(28-6)19(4)18(21)3/h7-11,14,17H,12-13,15H2,1-6H3. The molecule has 0 saturated carbocycles. The minimum Gasteiger partial charge on any atom is -0.496 e. The summed E-state index contributed by atoms with van der Waals surface area (Å²) in [5, 5.41) is 0. The molecule has 2 amide bonds. The summed E-state index contributed by atoms with van der Waals surface area (Å²) in [5.41, 5.74) is 5.55. The first-order valence-corrected chi connectivity index (χ1v) is 9.83. The Morgan fingerprint density at radius 3 is 2.50 bits per heavy atom. The van der Waals surface area contributed by atoms with Gasteiger partial charge in [-0.3, -0.25) is 4.90 Å². The quantitative estimate of drug-likeness (QED) is 0.791. The molecule has 1 aliphatic rings. The summed E-state index contributed by atoms with van der Waals surface area (Å²) in [6, 6.07) is 12.8. The van der Waals surface area contributed by atoms with Crippen molar-refractivity contribution in [2.24, 2.45) is 0 Å². The molecule has 0 spiro atoms. The second-order valence-electron chi connectivity index (χ2n) is 7.71. The number of ether oxygens (including phenoxy) is 1. The lowest BCUT2D eigenvalue weighted by Gasteiger charge is -2.42. The van der Waals surface area contributed by atoms with E-state index in [-0.39, 0.29) is 12.1 Å². The van der Waals surface area contributed by atoms with Gasteiger partial charge >= 0.3 is 6.03 Å². The fraction of sp³-hybridized carbons (Fsp3) is 0.435. The maximum atomic E-state index is 13.2. The predicted octanol–water partition coefficient (Wildman–Crippen LogP) is 4.39. The molecule has 5 nitrogen and oxygen atoms in total. The van der Waals surface area contributed by atoms with Gasteiger partial charge < -0.3 is 14.5 Å². The van der Waals surface area contributed by atoms with E-state index in [2.05, 4.69) is 43.0 Å². The second kappa shape index (κ2) is 8.13. The molecule has 0 bridgehead atoms. The molecule has 1 unspecified atom stereocenters. The van der Waals surface area contributed by atoms with E-state index >= 15 is 0 Å². The van der Waals surface area contributed by atoms with Gasteiger partial charge in [0.15, 0.2) is 0 Å². The van der Waals surface area contributed by atoms with E-state index in [0.29, 0.717) is 6.54 Å². The molecule has 2 aromatic carbocycles. The minimum absolute atomic E-state index is 0.0448.